The van der Waals surface area contributed by atoms with Crippen molar-refractivity contribution in [3.63, 3.8) is 0 Å². The molecule has 0 spiro atoms. The van der Waals surface area contributed by atoms with E-state index in [1.807, 2.05) is 45.2 Å². The molecule has 0 bridgehead atoms. The average Bonchev–Trinajstić information content (AvgIpc) is 2.71. The summed E-state index contributed by atoms with van der Waals surface area (Å²) in [5.74, 6) is -0.0130. The zero-order chi connectivity index (χ0) is 20.5. The summed E-state index contributed by atoms with van der Waals surface area (Å²) in [5.41, 5.74) is 5.64. The molecule has 1 aromatic carbocycles. The summed E-state index contributed by atoms with van der Waals surface area (Å²) in [6, 6.07) is 5.23. The minimum atomic E-state index is -0.302. The third kappa shape index (κ3) is 3.98. The molecule has 1 atom stereocenters. The Balaban J connectivity index is 1.73. The monoisotopic (exact) mass is 391 g/mol. The molecule has 0 aliphatic carbocycles. The van der Waals surface area contributed by atoms with Gasteiger partial charge < -0.3 is 5.32 Å². The van der Waals surface area contributed by atoms with Crippen molar-refractivity contribution in [2.75, 3.05) is 13.1 Å². The number of nitrogens with zero attached hydrogens (tertiary/aromatic N) is 4. The third-order valence-electron chi connectivity index (χ3n) is 5.36. The Morgan fingerprint density at radius 1 is 1.28 bits per heavy atom. The van der Waals surface area contributed by atoms with Gasteiger partial charge in [-0.05, 0) is 70.0 Å². The Kier molecular flexibility index (Phi) is 5.28. The lowest BCUT2D eigenvalue weighted by Crippen LogP contribution is -2.29. The van der Waals surface area contributed by atoms with Crippen LogP contribution in [0.25, 0.3) is 10.9 Å². The number of rotatable bonds is 3. The molecule has 4 rings (SSSR count). The number of hydrogen-bond acceptors (Lipinski definition) is 5. The predicted octanol–water partition coefficient (Wildman–Crippen LogP) is 4.64. The van der Waals surface area contributed by atoms with Crippen LogP contribution in [0.2, 0.25) is 0 Å². The second kappa shape index (κ2) is 7.87. The summed E-state index contributed by atoms with van der Waals surface area (Å²) in [4.78, 5) is 0. The molecule has 1 unspecified atom stereocenters. The molecule has 3 heterocycles. The lowest BCUT2D eigenvalue weighted by Gasteiger charge is -2.24. The molecule has 1 fully saturated rings. The van der Waals surface area contributed by atoms with Gasteiger partial charge in [0.15, 0.2) is 0 Å². The maximum absolute atomic E-state index is 15.0. The number of fused-ring (bicyclic) bond motifs is 1. The van der Waals surface area contributed by atoms with Gasteiger partial charge in [-0.25, -0.2) is 9.40 Å². The molecule has 0 amide bonds. The molecule has 6 heteroatoms. The predicted molar refractivity (Wildman–Crippen MR) is 115 cm³/mol. The Hall–Kier alpha value is -2.86. The number of aromatic nitrogens is 2. The van der Waals surface area contributed by atoms with E-state index in [0.29, 0.717) is 22.2 Å². The highest BCUT2D eigenvalue weighted by atomic mass is 19.1. The van der Waals surface area contributed by atoms with E-state index in [0.717, 1.165) is 48.5 Å². The summed E-state index contributed by atoms with van der Waals surface area (Å²) in [6.07, 6.45) is 6.00. The second-order valence-corrected chi connectivity index (χ2v) is 8.01. The van der Waals surface area contributed by atoms with Gasteiger partial charge in [-0.1, -0.05) is 12.2 Å². The minimum Gasteiger partial charge on any atom is -0.316 e. The Morgan fingerprint density at radius 3 is 2.83 bits per heavy atom. The van der Waals surface area contributed by atoms with Gasteiger partial charge >= 0.3 is 0 Å². The maximum atomic E-state index is 15.0. The maximum Gasteiger partial charge on any atom is 0.133 e. The van der Waals surface area contributed by atoms with E-state index in [-0.39, 0.29) is 11.7 Å². The van der Waals surface area contributed by atoms with Crippen LogP contribution < -0.4 is 5.32 Å². The number of hydrazone groups is 1. The van der Waals surface area contributed by atoms with Gasteiger partial charge in [-0.3, -0.25) is 0 Å². The summed E-state index contributed by atoms with van der Waals surface area (Å²) < 4.78 is 15.0. The van der Waals surface area contributed by atoms with Gasteiger partial charge in [0.1, 0.15) is 5.82 Å². The number of nitrogens with one attached hydrogen (secondary N) is 1. The van der Waals surface area contributed by atoms with Crippen molar-refractivity contribution in [3.05, 3.63) is 71.0 Å². The Labute approximate surface area is 170 Å². The van der Waals surface area contributed by atoms with Crippen molar-refractivity contribution < 1.29 is 4.39 Å². The summed E-state index contributed by atoms with van der Waals surface area (Å²) in [5, 5.41) is 19.0. The number of piperidine rings is 1. The fourth-order valence-corrected chi connectivity index (χ4v) is 3.74. The third-order valence-corrected chi connectivity index (χ3v) is 5.36. The topological polar surface area (TPSA) is 53.4 Å². The van der Waals surface area contributed by atoms with Crippen LogP contribution in [0.3, 0.4) is 0 Å². The van der Waals surface area contributed by atoms with Crippen molar-refractivity contribution in [2.24, 2.45) is 5.10 Å². The van der Waals surface area contributed by atoms with Crippen LogP contribution in [-0.2, 0) is 0 Å². The van der Waals surface area contributed by atoms with E-state index >= 15 is 4.39 Å². The van der Waals surface area contributed by atoms with Gasteiger partial charge in [0, 0.05) is 29.6 Å². The SMILES string of the molecule is C=C1C(C)=CC(c2cc(F)c3cc(C4CCCNC4)nnc3c2)=NN1C=C(C)C. The molecule has 5 nitrogen and oxygen atoms in total. The number of benzene rings is 1. The van der Waals surface area contributed by atoms with E-state index in [1.165, 1.54) is 6.07 Å². The molecule has 1 aromatic heterocycles. The molecule has 1 N–H and O–H groups in total. The van der Waals surface area contributed by atoms with Crippen LogP contribution in [-0.4, -0.2) is 34.0 Å². The first-order valence-electron chi connectivity index (χ1n) is 10.0. The molecule has 1 saturated heterocycles. The van der Waals surface area contributed by atoms with Gasteiger partial charge in [0.25, 0.3) is 0 Å². The quantitative estimate of drug-likeness (QED) is 0.828. The second-order valence-electron chi connectivity index (χ2n) is 8.01. The van der Waals surface area contributed by atoms with Gasteiger partial charge in [0.05, 0.1) is 22.6 Å². The Morgan fingerprint density at radius 2 is 2.10 bits per heavy atom. The highest BCUT2D eigenvalue weighted by molar-refractivity contribution is 6.11. The smallest absolute Gasteiger partial charge is 0.133 e. The fraction of sp³-hybridized carbons (Fsp3) is 0.348. The highest BCUT2D eigenvalue weighted by Gasteiger charge is 2.20. The van der Waals surface area contributed by atoms with E-state index in [2.05, 4.69) is 27.2 Å². The van der Waals surface area contributed by atoms with Crippen LogP contribution >= 0.6 is 0 Å². The zero-order valence-electron chi connectivity index (χ0n) is 17.2. The molecule has 0 saturated carbocycles. The molecular weight excluding hydrogens is 365 g/mol. The fourth-order valence-electron chi connectivity index (χ4n) is 3.74. The van der Waals surface area contributed by atoms with E-state index in [4.69, 9.17) is 0 Å². The van der Waals surface area contributed by atoms with Crippen molar-refractivity contribution in [3.8, 4) is 0 Å². The first kappa shape index (κ1) is 19.5. The highest BCUT2D eigenvalue weighted by Crippen LogP contribution is 2.27. The molecule has 2 aromatic rings. The molecular formula is C23H26FN5. The number of allylic oxidation sites excluding steroid dienone is 3. The molecule has 29 heavy (non-hydrogen) atoms. The number of hydrogen-bond donors (Lipinski definition) is 1. The Bertz CT molecular complexity index is 1060. The van der Waals surface area contributed by atoms with Crippen molar-refractivity contribution in [1.29, 1.82) is 0 Å². The van der Waals surface area contributed by atoms with Crippen molar-refractivity contribution in [1.82, 2.24) is 20.5 Å². The first-order chi connectivity index (χ1) is 13.9. The molecule has 150 valence electrons. The molecule has 2 aliphatic rings. The van der Waals surface area contributed by atoms with E-state index < -0.39 is 0 Å². The van der Waals surface area contributed by atoms with Crippen LogP contribution in [0, 0.1) is 5.82 Å². The van der Waals surface area contributed by atoms with Crippen LogP contribution in [0.15, 0.2) is 59.0 Å². The zero-order valence-corrected chi connectivity index (χ0v) is 17.2. The number of halogens is 1. The molecule has 2 aliphatic heterocycles. The van der Waals surface area contributed by atoms with Crippen molar-refractivity contribution >= 4 is 16.6 Å². The summed E-state index contributed by atoms with van der Waals surface area (Å²) in [7, 11) is 0. The van der Waals surface area contributed by atoms with Gasteiger partial charge in [-0.2, -0.15) is 15.3 Å². The minimum absolute atomic E-state index is 0.289. The normalized spacial score (nSPS) is 19.8. The average molecular weight is 391 g/mol. The van der Waals surface area contributed by atoms with Gasteiger partial charge in [0.2, 0.25) is 0 Å². The first-order valence-corrected chi connectivity index (χ1v) is 10.0. The summed E-state index contributed by atoms with van der Waals surface area (Å²) >= 11 is 0. The van der Waals surface area contributed by atoms with Crippen LogP contribution in [0.5, 0.6) is 0 Å². The largest absolute Gasteiger partial charge is 0.316 e. The van der Waals surface area contributed by atoms with E-state index in [9.17, 15) is 0 Å². The van der Waals surface area contributed by atoms with Crippen molar-refractivity contribution in [2.45, 2.75) is 39.5 Å². The standard InChI is InChI=1S/C23H26FN5/c1-14(2)13-29-16(4)15(3)8-22(28-29)18-9-20(24)19-11-21(26-27-23(19)10-18)17-6-5-7-25-12-17/h8-11,13,17,25H,4-7,12H2,1-3H3. The van der Waals surface area contributed by atoms with Gasteiger partial charge in [-0.15, -0.1) is 0 Å². The molecule has 0 radical (unpaired) electrons. The van der Waals surface area contributed by atoms with Crippen LogP contribution in [0.4, 0.5) is 4.39 Å². The lowest BCUT2D eigenvalue weighted by atomic mass is 9.95. The summed E-state index contributed by atoms with van der Waals surface area (Å²) in [6.45, 7) is 12.0. The van der Waals surface area contributed by atoms with Crippen LogP contribution in [0.1, 0.15) is 50.8 Å². The lowest BCUT2D eigenvalue weighted by molar-refractivity contribution is 0.452. The van der Waals surface area contributed by atoms with E-state index in [1.54, 1.807) is 5.01 Å².